The lowest BCUT2D eigenvalue weighted by molar-refractivity contribution is -0.707. The van der Waals surface area contributed by atoms with Gasteiger partial charge in [-0.1, -0.05) is 49.6 Å². The highest BCUT2D eigenvalue weighted by atomic mass is 16.3. The summed E-state index contributed by atoms with van der Waals surface area (Å²) in [6, 6.07) is 15.3. The van der Waals surface area contributed by atoms with Gasteiger partial charge in [-0.15, -0.1) is 0 Å². The molecule has 0 spiro atoms. The lowest BCUT2D eigenvalue weighted by Gasteiger charge is -2.17. The molecular formula is C19H26NO+. The summed E-state index contributed by atoms with van der Waals surface area (Å²) in [5, 5.41) is 2.49. The smallest absolute Gasteiger partial charge is 0.158 e. The Bertz CT molecular complexity index is 524. The number of furan rings is 1. The summed E-state index contributed by atoms with van der Waals surface area (Å²) in [5.41, 5.74) is 1.16. The number of rotatable bonds is 4. The molecule has 1 fully saturated rings. The molecule has 1 aliphatic carbocycles. The maximum atomic E-state index is 5.99. The van der Waals surface area contributed by atoms with Crippen molar-refractivity contribution < 1.29 is 9.73 Å². The van der Waals surface area contributed by atoms with Gasteiger partial charge < -0.3 is 9.73 Å². The molecule has 0 saturated heterocycles. The fraction of sp³-hybridized carbons (Fsp3) is 0.474. The van der Waals surface area contributed by atoms with Crippen LogP contribution < -0.4 is 5.32 Å². The largest absolute Gasteiger partial charge is 0.455 e. The molecule has 21 heavy (non-hydrogen) atoms. The quantitative estimate of drug-likeness (QED) is 0.899. The monoisotopic (exact) mass is 284 g/mol. The number of nitrogens with two attached hydrogens (primary N) is 1. The second kappa shape index (κ2) is 7.46. The first-order valence-electron chi connectivity index (χ1n) is 8.39. The molecule has 2 aromatic rings. The predicted octanol–water partition coefficient (Wildman–Crippen LogP) is 4.12. The topological polar surface area (TPSA) is 29.8 Å². The number of benzene rings is 1. The van der Waals surface area contributed by atoms with Gasteiger partial charge in [0.1, 0.15) is 12.3 Å². The Morgan fingerprint density at radius 2 is 1.57 bits per heavy atom. The molecule has 112 valence electrons. The summed E-state index contributed by atoms with van der Waals surface area (Å²) in [5.74, 6) is 2.08. The van der Waals surface area contributed by atoms with Crippen molar-refractivity contribution in [1.82, 2.24) is 0 Å². The van der Waals surface area contributed by atoms with Crippen LogP contribution in [0.4, 0.5) is 0 Å². The third kappa shape index (κ3) is 4.21. The minimum atomic E-state index is 0.788. The SMILES string of the molecule is c1ccc(-c2ccc(C[NH2+]C3CCCCCCC3)o2)cc1. The Balaban J connectivity index is 1.54. The van der Waals surface area contributed by atoms with Gasteiger partial charge in [-0.2, -0.15) is 0 Å². The summed E-state index contributed by atoms with van der Waals surface area (Å²) in [6.45, 7) is 0.970. The number of quaternary nitrogens is 1. The zero-order valence-corrected chi connectivity index (χ0v) is 12.8. The minimum Gasteiger partial charge on any atom is -0.455 e. The summed E-state index contributed by atoms with van der Waals surface area (Å²) < 4.78 is 5.99. The van der Waals surface area contributed by atoms with Crippen LogP contribution in [0, 0.1) is 0 Å². The van der Waals surface area contributed by atoms with E-state index in [9.17, 15) is 0 Å². The van der Waals surface area contributed by atoms with Gasteiger partial charge in [0.25, 0.3) is 0 Å². The highest BCUT2D eigenvalue weighted by Crippen LogP contribution is 2.21. The van der Waals surface area contributed by atoms with Crippen LogP contribution in [0.1, 0.15) is 50.7 Å². The predicted molar refractivity (Wildman–Crippen MR) is 85.9 cm³/mol. The van der Waals surface area contributed by atoms with Gasteiger partial charge in [0, 0.05) is 5.56 Å². The van der Waals surface area contributed by atoms with E-state index >= 15 is 0 Å². The highest BCUT2D eigenvalue weighted by Gasteiger charge is 2.15. The fourth-order valence-corrected chi connectivity index (χ4v) is 3.25. The summed E-state index contributed by atoms with van der Waals surface area (Å²) in [7, 11) is 0. The van der Waals surface area contributed by atoms with Crippen molar-refractivity contribution in [2.75, 3.05) is 0 Å². The Morgan fingerprint density at radius 1 is 0.857 bits per heavy atom. The van der Waals surface area contributed by atoms with E-state index in [2.05, 4.69) is 41.7 Å². The maximum Gasteiger partial charge on any atom is 0.158 e. The third-order valence-corrected chi connectivity index (χ3v) is 4.52. The van der Waals surface area contributed by atoms with Gasteiger partial charge in [-0.3, -0.25) is 0 Å². The Morgan fingerprint density at radius 3 is 2.33 bits per heavy atom. The summed E-state index contributed by atoms with van der Waals surface area (Å²) >= 11 is 0. The lowest BCUT2D eigenvalue weighted by atomic mass is 9.97. The molecule has 3 rings (SSSR count). The molecule has 2 N–H and O–H groups in total. The van der Waals surface area contributed by atoms with Gasteiger partial charge in [0.15, 0.2) is 5.76 Å². The van der Waals surface area contributed by atoms with Gasteiger partial charge in [0.2, 0.25) is 0 Å². The molecule has 1 aromatic heterocycles. The fourth-order valence-electron chi connectivity index (χ4n) is 3.25. The van der Waals surface area contributed by atoms with Crippen molar-refractivity contribution >= 4 is 0 Å². The van der Waals surface area contributed by atoms with E-state index in [1.54, 1.807) is 0 Å². The molecule has 1 heterocycles. The third-order valence-electron chi connectivity index (χ3n) is 4.52. The van der Waals surface area contributed by atoms with E-state index < -0.39 is 0 Å². The van der Waals surface area contributed by atoms with Crippen LogP contribution in [0.3, 0.4) is 0 Å². The molecule has 2 nitrogen and oxygen atoms in total. The van der Waals surface area contributed by atoms with Crippen molar-refractivity contribution in [1.29, 1.82) is 0 Å². The van der Waals surface area contributed by atoms with Crippen LogP contribution in [-0.4, -0.2) is 6.04 Å². The molecule has 1 aromatic carbocycles. The molecule has 0 amide bonds. The summed E-state index contributed by atoms with van der Waals surface area (Å²) in [4.78, 5) is 0. The lowest BCUT2D eigenvalue weighted by Crippen LogP contribution is -2.88. The van der Waals surface area contributed by atoms with E-state index in [0.717, 1.165) is 29.7 Å². The van der Waals surface area contributed by atoms with Crippen molar-refractivity contribution in [3.05, 3.63) is 48.2 Å². The standard InChI is InChI=1S/C19H25NO/c1-2-7-11-17(12-8-3-1)20-15-18-13-14-19(21-18)16-9-5-4-6-10-16/h4-6,9-10,13-14,17,20H,1-3,7-8,11-12,15H2/p+1. The molecule has 0 radical (unpaired) electrons. The maximum absolute atomic E-state index is 5.99. The van der Waals surface area contributed by atoms with Crippen molar-refractivity contribution in [3.8, 4) is 11.3 Å². The van der Waals surface area contributed by atoms with E-state index in [4.69, 9.17) is 4.42 Å². The minimum absolute atomic E-state index is 0.788. The average Bonchev–Trinajstić information content (AvgIpc) is 2.96. The van der Waals surface area contributed by atoms with Crippen LogP contribution in [0.15, 0.2) is 46.9 Å². The van der Waals surface area contributed by atoms with Gasteiger partial charge in [0.05, 0.1) is 6.04 Å². The molecule has 0 bridgehead atoms. The molecule has 1 saturated carbocycles. The van der Waals surface area contributed by atoms with Crippen LogP contribution in [-0.2, 0) is 6.54 Å². The second-order valence-corrected chi connectivity index (χ2v) is 6.18. The van der Waals surface area contributed by atoms with Crippen molar-refractivity contribution in [2.45, 2.75) is 57.5 Å². The van der Waals surface area contributed by atoms with Crippen LogP contribution in [0.5, 0.6) is 0 Å². The Kier molecular flexibility index (Phi) is 5.12. The number of hydrogen-bond donors (Lipinski definition) is 1. The zero-order chi connectivity index (χ0) is 14.3. The molecule has 1 aliphatic rings. The molecule has 2 heteroatoms. The highest BCUT2D eigenvalue weighted by molar-refractivity contribution is 5.57. The first-order valence-corrected chi connectivity index (χ1v) is 8.39. The van der Waals surface area contributed by atoms with Crippen molar-refractivity contribution in [2.24, 2.45) is 0 Å². The van der Waals surface area contributed by atoms with E-state index in [1.165, 1.54) is 44.9 Å². The Labute approximate surface area is 127 Å². The van der Waals surface area contributed by atoms with Gasteiger partial charge in [-0.05, 0) is 37.8 Å². The van der Waals surface area contributed by atoms with Crippen LogP contribution in [0.2, 0.25) is 0 Å². The van der Waals surface area contributed by atoms with E-state index in [1.807, 2.05) is 6.07 Å². The molecular weight excluding hydrogens is 258 g/mol. The van der Waals surface area contributed by atoms with E-state index in [0.29, 0.717) is 0 Å². The molecule has 0 unspecified atom stereocenters. The van der Waals surface area contributed by atoms with Crippen molar-refractivity contribution in [3.63, 3.8) is 0 Å². The van der Waals surface area contributed by atoms with Crippen LogP contribution >= 0.6 is 0 Å². The zero-order valence-electron chi connectivity index (χ0n) is 12.8. The summed E-state index contributed by atoms with van der Waals surface area (Å²) in [6.07, 6.45) is 9.81. The van der Waals surface area contributed by atoms with Crippen LogP contribution in [0.25, 0.3) is 11.3 Å². The first-order chi connectivity index (χ1) is 10.4. The normalized spacial score (nSPS) is 17.3. The van der Waals surface area contributed by atoms with Gasteiger partial charge >= 0.3 is 0 Å². The van der Waals surface area contributed by atoms with E-state index in [-0.39, 0.29) is 0 Å². The van der Waals surface area contributed by atoms with Gasteiger partial charge in [-0.25, -0.2) is 0 Å². The Hall–Kier alpha value is -1.54. The first kappa shape index (κ1) is 14.4. The molecule has 0 atom stereocenters. The molecule has 0 aliphatic heterocycles. The average molecular weight is 284 g/mol. The second-order valence-electron chi connectivity index (χ2n) is 6.18. The number of hydrogen-bond acceptors (Lipinski definition) is 1.